The summed E-state index contributed by atoms with van der Waals surface area (Å²) < 4.78 is 17.6. The van der Waals surface area contributed by atoms with Crippen LogP contribution in [0.3, 0.4) is 0 Å². The van der Waals surface area contributed by atoms with Gasteiger partial charge in [0.2, 0.25) is 5.91 Å². The van der Waals surface area contributed by atoms with Crippen molar-refractivity contribution in [2.24, 2.45) is 0 Å². The molecule has 2 atom stereocenters. The van der Waals surface area contributed by atoms with Gasteiger partial charge in [0.15, 0.2) is 0 Å². The molecule has 160 valence electrons. The van der Waals surface area contributed by atoms with E-state index < -0.39 is 11.6 Å². The van der Waals surface area contributed by atoms with Gasteiger partial charge >= 0.3 is 5.97 Å². The van der Waals surface area contributed by atoms with E-state index in [1.54, 1.807) is 6.07 Å². The number of ether oxygens (including phenoxy) is 3. The monoisotopic (exact) mass is 429 g/mol. The molecule has 0 spiro atoms. The first-order valence-electron chi connectivity index (χ1n) is 10.3. The van der Waals surface area contributed by atoms with Crippen LogP contribution in [0.1, 0.15) is 59.3 Å². The Morgan fingerprint density at radius 1 is 1.27 bits per heavy atom. The van der Waals surface area contributed by atoms with Crippen molar-refractivity contribution in [2.45, 2.75) is 57.5 Å². The minimum atomic E-state index is -0.682. The molecule has 1 saturated heterocycles. The molecule has 2 aliphatic heterocycles. The Hall–Kier alpha value is -2.38. The molecule has 0 N–H and O–H groups in total. The molecule has 3 heterocycles. The summed E-state index contributed by atoms with van der Waals surface area (Å²) in [4.78, 5) is 28.3. The predicted octanol–water partition coefficient (Wildman–Crippen LogP) is 4.34. The van der Waals surface area contributed by atoms with E-state index in [0.717, 1.165) is 23.3 Å². The summed E-state index contributed by atoms with van der Waals surface area (Å²) in [6.45, 7) is 5.04. The molecule has 4 rings (SSSR count). The second-order valence-corrected chi connectivity index (χ2v) is 9.33. The molecule has 6 nitrogen and oxygen atoms in total. The Morgan fingerprint density at radius 3 is 2.73 bits per heavy atom. The molecule has 30 heavy (non-hydrogen) atoms. The Kier molecular flexibility index (Phi) is 5.84. The summed E-state index contributed by atoms with van der Waals surface area (Å²) in [6, 6.07) is 11.4. The van der Waals surface area contributed by atoms with E-state index in [0.29, 0.717) is 30.2 Å². The highest BCUT2D eigenvalue weighted by atomic mass is 32.1. The topological polar surface area (TPSA) is 65.1 Å². The average Bonchev–Trinajstić information content (AvgIpc) is 3.15. The zero-order valence-electron chi connectivity index (χ0n) is 17.6. The number of nitrogens with zero attached hydrogens (tertiary/aromatic N) is 1. The normalized spacial score (nSPS) is 22.9. The zero-order chi connectivity index (χ0) is 21.3. The van der Waals surface area contributed by atoms with E-state index in [1.165, 1.54) is 18.4 Å². The molecule has 2 aromatic rings. The number of amides is 1. The standard InChI is InChI=1S/C23H27NO5S/c1-23(2)21(28-14-15-9-5-4-6-10-15)19(24-12-8-7-11-18(24)25)20-16(29-23)13-17(30-20)22(26)27-3/h4-6,9-10,13,19,21H,7-8,11-12,14H2,1-3H3/t19-,21+/m0/s1. The average molecular weight is 430 g/mol. The molecule has 0 aliphatic carbocycles. The number of thiophene rings is 1. The van der Waals surface area contributed by atoms with Crippen molar-refractivity contribution >= 4 is 23.2 Å². The van der Waals surface area contributed by atoms with Crippen molar-refractivity contribution in [2.75, 3.05) is 13.7 Å². The van der Waals surface area contributed by atoms with Crippen LogP contribution in [0, 0.1) is 0 Å². The minimum Gasteiger partial charge on any atom is -0.484 e. The molecule has 1 aromatic heterocycles. The summed E-state index contributed by atoms with van der Waals surface area (Å²) in [5, 5.41) is 0. The lowest BCUT2D eigenvalue weighted by atomic mass is 9.88. The van der Waals surface area contributed by atoms with E-state index in [9.17, 15) is 9.59 Å². The molecular formula is C23H27NO5S. The van der Waals surface area contributed by atoms with Crippen LogP contribution < -0.4 is 4.74 Å². The first-order chi connectivity index (χ1) is 14.4. The maximum Gasteiger partial charge on any atom is 0.348 e. The van der Waals surface area contributed by atoms with Crippen molar-refractivity contribution in [3.8, 4) is 5.75 Å². The molecule has 0 saturated carbocycles. The van der Waals surface area contributed by atoms with Crippen molar-refractivity contribution in [3.05, 3.63) is 51.7 Å². The first kappa shape index (κ1) is 20.9. The van der Waals surface area contributed by atoms with E-state index >= 15 is 0 Å². The second kappa shape index (κ2) is 8.40. The third-order valence-corrected chi connectivity index (χ3v) is 6.86. The van der Waals surface area contributed by atoms with Crippen LogP contribution in [0.5, 0.6) is 5.75 Å². The fourth-order valence-corrected chi connectivity index (χ4v) is 5.35. The predicted molar refractivity (Wildman–Crippen MR) is 114 cm³/mol. The number of hydrogen-bond donors (Lipinski definition) is 0. The van der Waals surface area contributed by atoms with Crippen molar-refractivity contribution in [3.63, 3.8) is 0 Å². The quantitative estimate of drug-likeness (QED) is 0.662. The summed E-state index contributed by atoms with van der Waals surface area (Å²) in [5.41, 5.74) is 0.378. The van der Waals surface area contributed by atoms with Gasteiger partial charge in [-0.1, -0.05) is 30.3 Å². The highest BCUT2D eigenvalue weighted by Gasteiger charge is 2.50. The number of rotatable bonds is 5. The molecule has 1 amide bonds. The third-order valence-electron chi connectivity index (χ3n) is 5.69. The number of carbonyl (C=O) groups excluding carboxylic acids is 2. The molecule has 7 heteroatoms. The van der Waals surface area contributed by atoms with Crippen LogP contribution in [-0.2, 0) is 20.9 Å². The number of carbonyl (C=O) groups is 2. The SMILES string of the molecule is COC(=O)c1cc2c(s1)[C@H](N1CCCCC1=O)[C@@H](OCc1ccccc1)C(C)(C)O2. The number of benzene rings is 1. The lowest BCUT2D eigenvalue weighted by molar-refractivity contribution is -0.157. The minimum absolute atomic E-state index is 0.122. The molecule has 0 bridgehead atoms. The van der Waals surface area contributed by atoms with Gasteiger partial charge in [0.1, 0.15) is 22.3 Å². The third kappa shape index (κ3) is 3.96. The summed E-state index contributed by atoms with van der Waals surface area (Å²) in [6.07, 6.45) is 2.02. The lowest BCUT2D eigenvalue weighted by Gasteiger charge is -2.48. The number of likely N-dealkylation sites (tertiary alicyclic amines) is 1. The zero-order valence-corrected chi connectivity index (χ0v) is 18.4. The largest absolute Gasteiger partial charge is 0.484 e. The van der Waals surface area contributed by atoms with Crippen molar-refractivity contribution in [1.82, 2.24) is 4.90 Å². The number of piperidine rings is 1. The Bertz CT molecular complexity index is 923. The highest BCUT2D eigenvalue weighted by molar-refractivity contribution is 7.14. The van der Waals surface area contributed by atoms with E-state index in [1.807, 2.05) is 49.1 Å². The number of esters is 1. The van der Waals surface area contributed by atoms with Crippen LogP contribution in [0.2, 0.25) is 0 Å². The lowest BCUT2D eigenvalue weighted by Crippen LogP contribution is -2.56. The maximum atomic E-state index is 12.9. The van der Waals surface area contributed by atoms with Gasteiger partial charge in [0.25, 0.3) is 0 Å². The van der Waals surface area contributed by atoms with Crippen LogP contribution in [0.4, 0.5) is 0 Å². The van der Waals surface area contributed by atoms with Crippen LogP contribution in [-0.4, -0.2) is 42.1 Å². The molecule has 1 fully saturated rings. The van der Waals surface area contributed by atoms with Gasteiger partial charge in [-0.25, -0.2) is 4.79 Å². The number of hydrogen-bond acceptors (Lipinski definition) is 6. The molecule has 2 aliphatic rings. The van der Waals surface area contributed by atoms with E-state index in [2.05, 4.69) is 0 Å². The molecule has 0 unspecified atom stereocenters. The van der Waals surface area contributed by atoms with Gasteiger partial charge in [0.05, 0.1) is 24.6 Å². The van der Waals surface area contributed by atoms with Crippen LogP contribution in [0.15, 0.2) is 36.4 Å². The van der Waals surface area contributed by atoms with Crippen molar-refractivity contribution in [1.29, 1.82) is 0 Å². The van der Waals surface area contributed by atoms with Gasteiger partial charge < -0.3 is 19.1 Å². The fraction of sp³-hybridized carbons (Fsp3) is 0.478. The fourth-order valence-electron chi connectivity index (χ4n) is 4.21. The second-order valence-electron chi connectivity index (χ2n) is 8.24. The summed E-state index contributed by atoms with van der Waals surface area (Å²) in [5.74, 6) is 0.353. The van der Waals surface area contributed by atoms with E-state index in [-0.39, 0.29) is 18.1 Å². The van der Waals surface area contributed by atoms with Gasteiger partial charge in [0, 0.05) is 19.0 Å². The van der Waals surface area contributed by atoms with Gasteiger partial charge in [-0.15, -0.1) is 11.3 Å². The Morgan fingerprint density at radius 2 is 2.03 bits per heavy atom. The van der Waals surface area contributed by atoms with Gasteiger partial charge in [-0.3, -0.25) is 4.79 Å². The van der Waals surface area contributed by atoms with E-state index in [4.69, 9.17) is 14.2 Å². The number of methoxy groups -OCH3 is 1. The molecule has 0 radical (unpaired) electrons. The molecule has 1 aromatic carbocycles. The Balaban J connectivity index is 1.72. The smallest absolute Gasteiger partial charge is 0.348 e. The van der Waals surface area contributed by atoms with Crippen LogP contribution >= 0.6 is 11.3 Å². The summed E-state index contributed by atoms with van der Waals surface area (Å²) in [7, 11) is 1.36. The number of fused-ring (bicyclic) bond motifs is 1. The summed E-state index contributed by atoms with van der Waals surface area (Å²) >= 11 is 1.32. The Labute approximate surface area is 180 Å². The van der Waals surface area contributed by atoms with Gasteiger partial charge in [-0.05, 0) is 32.3 Å². The maximum absolute atomic E-state index is 12.9. The molecular weight excluding hydrogens is 402 g/mol. The van der Waals surface area contributed by atoms with Crippen molar-refractivity contribution < 1.29 is 23.8 Å². The van der Waals surface area contributed by atoms with Crippen LogP contribution in [0.25, 0.3) is 0 Å². The first-order valence-corrected chi connectivity index (χ1v) is 11.1. The van der Waals surface area contributed by atoms with Gasteiger partial charge in [-0.2, -0.15) is 0 Å². The highest BCUT2D eigenvalue weighted by Crippen LogP contribution is 2.49.